The van der Waals surface area contributed by atoms with Crippen LogP contribution in [0.1, 0.15) is 25.0 Å². The molecule has 0 saturated carbocycles. The number of sulfonamides is 1. The van der Waals surface area contributed by atoms with Gasteiger partial charge in [0, 0.05) is 12.1 Å². The van der Waals surface area contributed by atoms with Gasteiger partial charge in [0.25, 0.3) is 0 Å². The van der Waals surface area contributed by atoms with Crippen molar-refractivity contribution in [2.75, 3.05) is 13.7 Å². The van der Waals surface area contributed by atoms with Crippen LogP contribution in [0.5, 0.6) is 5.75 Å². The summed E-state index contributed by atoms with van der Waals surface area (Å²) >= 11 is 0. The van der Waals surface area contributed by atoms with Crippen LogP contribution in [-0.4, -0.2) is 27.6 Å². The number of nitrogens with one attached hydrogen (secondary N) is 1. The third kappa shape index (κ3) is 4.94. The molecule has 0 radical (unpaired) electrons. The quantitative estimate of drug-likeness (QED) is 0.865. The number of hydrogen-bond acceptors (Lipinski definition) is 4. The molecule has 20 heavy (non-hydrogen) atoms. The summed E-state index contributed by atoms with van der Waals surface area (Å²) in [5.74, 6) is 0.707. The molecule has 0 heterocycles. The second kappa shape index (κ2) is 6.76. The highest BCUT2D eigenvalue weighted by Crippen LogP contribution is 2.26. The van der Waals surface area contributed by atoms with E-state index < -0.39 is 15.6 Å². The van der Waals surface area contributed by atoms with Crippen molar-refractivity contribution in [2.24, 2.45) is 5.73 Å². The van der Waals surface area contributed by atoms with Gasteiger partial charge in [-0.2, -0.15) is 0 Å². The maximum atomic E-state index is 12.2. The van der Waals surface area contributed by atoms with Gasteiger partial charge >= 0.3 is 0 Å². The lowest BCUT2D eigenvalue weighted by molar-refractivity contribution is 0.408. The number of nitrogens with two attached hydrogens (primary N) is 1. The number of rotatable bonds is 5. The molecule has 7 heteroatoms. The van der Waals surface area contributed by atoms with Crippen LogP contribution in [-0.2, 0) is 10.0 Å². The number of halogens is 1. The van der Waals surface area contributed by atoms with Gasteiger partial charge in [-0.1, -0.05) is 0 Å². The molecule has 5 nitrogen and oxygen atoms in total. The number of aryl methyl sites for hydroxylation is 2. The molecule has 0 bridgehead atoms. The zero-order valence-electron chi connectivity index (χ0n) is 12.5. The van der Waals surface area contributed by atoms with Crippen LogP contribution in [0.2, 0.25) is 0 Å². The molecule has 1 aromatic rings. The molecule has 0 aliphatic heterocycles. The summed E-state index contributed by atoms with van der Waals surface area (Å²) < 4.78 is 32.1. The SMILES string of the molecule is COc1c(C)cc(S(=O)(=O)NCC(C)(C)N)cc1C.Cl. The molecule has 0 atom stereocenters. The Morgan fingerprint density at radius 1 is 1.25 bits per heavy atom. The number of ether oxygens (including phenoxy) is 1. The van der Waals surface area contributed by atoms with E-state index in [-0.39, 0.29) is 23.8 Å². The first-order valence-electron chi connectivity index (χ1n) is 6.00. The van der Waals surface area contributed by atoms with Gasteiger partial charge in [0.05, 0.1) is 12.0 Å². The Morgan fingerprint density at radius 3 is 2.05 bits per heavy atom. The first kappa shape index (κ1) is 19.2. The molecule has 0 saturated heterocycles. The largest absolute Gasteiger partial charge is 0.496 e. The van der Waals surface area contributed by atoms with Crippen LogP contribution >= 0.6 is 12.4 Å². The summed E-state index contributed by atoms with van der Waals surface area (Å²) in [6.07, 6.45) is 0. The van der Waals surface area contributed by atoms with Gasteiger partial charge in [-0.15, -0.1) is 12.4 Å². The summed E-state index contributed by atoms with van der Waals surface area (Å²) in [5.41, 5.74) is 6.76. The Bertz CT molecular complexity index is 542. The Hall–Kier alpha value is -0.820. The zero-order chi connectivity index (χ0) is 14.8. The Balaban J connectivity index is 0.00000361. The normalized spacial score (nSPS) is 11.9. The molecular weight excluding hydrogens is 300 g/mol. The van der Waals surface area contributed by atoms with Gasteiger partial charge in [-0.3, -0.25) is 0 Å². The molecule has 0 amide bonds. The smallest absolute Gasteiger partial charge is 0.240 e. The van der Waals surface area contributed by atoms with E-state index in [9.17, 15) is 8.42 Å². The molecule has 0 aromatic heterocycles. The first-order chi connectivity index (χ1) is 8.57. The molecule has 0 aliphatic rings. The van der Waals surface area contributed by atoms with Crippen LogP contribution in [0.4, 0.5) is 0 Å². The van der Waals surface area contributed by atoms with Gasteiger partial charge in [-0.05, 0) is 51.0 Å². The number of methoxy groups -OCH3 is 1. The van der Waals surface area contributed by atoms with Crippen LogP contribution in [0, 0.1) is 13.8 Å². The topological polar surface area (TPSA) is 81.4 Å². The number of benzene rings is 1. The summed E-state index contributed by atoms with van der Waals surface area (Å²) in [6.45, 7) is 7.34. The highest BCUT2D eigenvalue weighted by Gasteiger charge is 2.20. The predicted molar refractivity (Wildman–Crippen MR) is 83.2 cm³/mol. The Morgan fingerprint density at radius 2 is 1.70 bits per heavy atom. The summed E-state index contributed by atoms with van der Waals surface area (Å²) in [7, 11) is -1.98. The molecule has 0 unspecified atom stereocenters. The van der Waals surface area contributed by atoms with Gasteiger partial charge in [-0.25, -0.2) is 13.1 Å². The average molecular weight is 323 g/mol. The van der Waals surface area contributed by atoms with E-state index in [1.54, 1.807) is 33.1 Å². The predicted octanol–water partition coefficient (Wildman–Crippen LogP) is 1.75. The fourth-order valence-corrected chi connectivity index (χ4v) is 3.14. The average Bonchev–Trinajstić information content (AvgIpc) is 2.25. The van der Waals surface area contributed by atoms with E-state index in [1.165, 1.54) is 0 Å². The lowest BCUT2D eigenvalue weighted by Gasteiger charge is -2.19. The van der Waals surface area contributed by atoms with Crippen LogP contribution in [0.25, 0.3) is 0 Å². The molecule has 1 rings (SSSR count). The minimum atomic E-state index is -3.55. The van der Waals surface area contributed by atoms with Crippen molar-refractivity contribution in [2.45, 2.75) is 38.1 Å². The lowest BCUT2D eigenvalue weighted by atomic mass is 10.1. The monoisotopic (exact) mass is 322 g/mol. The summed E-state index contributed by atoms with van der Waals surface area (Å²) in [4.78, 5) is 0.229. The fourth-order valence-electron chi connectivity index (χ4n) is 1.75. The van der Waals surface area contributed by atoms with Crippen molar-refractivity contribution in [1.29, 1.82) is 0 Å². The Kier molecular flexibility index (Phi) is 6.48. The third-order valence-corrected chi connectivity index (χ3v) is 4.05. The van der Waals surface area contributed by atoms with Crippen molar-refractivity contribution in [3.05, 3.63) is 23.3 Å². The molecule has 0 spiro atoms. The van der Waals surface area contributed by atoms with Crippen LogP contribution < -0.4 is 15.2 Å². The molecule has 1 aromatic carbocycles. The van der Waals surface area contributed by atoms with E-state index in [0.717, 1.165) is 11.1 Å². The molecule has 3 N–H and O–H groups in total. The van der Waals surface area contributed by atoms with Crippen LogP contribution in [0.3, 0.4) is 0 Å². The van der Waals surface area contributed by atoms with Gasteiger partial charge in [0.15, 0.2) is 0 Å². The second-order valence-corrected chi connectivity index (χ2v) is 7.17. The van der Waals surface area contributed by atoms with Gasteiger partial charge in [0.2, 0.25) is 10.0 Å². The first-order valence-corrected chi connectivity index (χ1v) is 7.49. The van der Waals surface area contributed by atoms with E-state index in [1.807, 2.05) is 13.8 Å². The second-order valence-electron chi connectivity index (χ2n) is 5.40. The van der Waals surface area contributed by atoms with Crippen molar-refractivity contribution < 1.29 is 13.2 Å². The van der Waals surface area contributed by atoms with Crippen LogP contribution in [0.15, 0.2) is 17.0 Å². The summed E-state index contributed by atoms with van der Waals surface area (Å²) in [5, 5.41) is 0. The van der Waals surface area contributed by atoms with Crippen molar-refractivity contribution >= 4 is 22.4 Å². The molecular formula is C13H23ClN2O3S. The minimum absolute atomic E-state index is 0. The fraction of sp³-hybridized carbons (Fsp3) is 0.538. The zero-order valence-corrected chi connectivity index (χ0v) is 14.1. The molecule has 0 aliphatic carbocycles. The van der Waals surface area contributed by atoms with Gasteiger partial charge < -0.3 is 10.5 Å². The maximum absolute atomic E-state index is 12.2. The highest BCUT2D eigenvalue weighted by atomic mass is 35.5. The van der Waals surface area contributed by atoms with Crippen molar-refractivity contribution in [1.82, 2.24) is 4.72 Å². The summed E-state index contributed by atoms with van der Waals surface area (Å²) in [6, 6.07) is 3.19. The highest BCUT2D eigenvalue weighted by molar-refractivity contribution is 7.89. The Labute approximate surface area is 127 Å². The third-order valence-electron chi connectivity index (χ3n) is 2.67. The van der Waals surface area contributed by atoms with Crippen molar-refractivity contribution in [3.8, 4) is 5.75 Å². The van der Waals surface area contributed by atoms with Gasteiger partial charge in [0.1, 0.15) is 5.75 Å². The van der Waals surface area contributed by atoms with E-state index in [2.05, 4.69) is 4.72 Å². The standard InChI is InChI=1S/C13H22N2O3S.ClH/c1-9-6-11(7-10(2)12(9)18-5)19(16,17)15-8-13(3,4)14;/h6-7,15H,8,14H2,1-5H3;1H. The number of hydrogen-bond donors (Lipinski definition) is 2. The molecule has 0 fully saturated rings. The minimum Gasteiger partial charge on any atom is -0.496 e. The maximum Gasteiger partial charge on any atom is 0.240 e. The van der Waals surface area contributed by atoms with E-state index >= 15 is 0 Å². The lowest BCUT2D eigenvalue weighted by Crippen LogP contribution is -2.45. The van der Waals surface area contributed by atoms with E-state index in [4.69, 9.17) is 10.5 Å². The molecule has 116 valence electrons. The van der Waals surface area contributed by atoms with Crippen molar-refractivity contribution in [3.63, 3.8) is 0 Å². The van der Waals surface area contributed by atoms with E-state index in [0.29, 0.717) is 5.75 Å².